The van der Waals surface area contributed by atoms with E-state index in [4.69, 9.17) is 18.8 Å². The van der Waals surface area contributed by atoms with Crippen molar-refractivity contribution in [1.29, 1.82) is 0 Å². The summed E-state index contributed by atoms with van der Waals surface area (Å²) in [5.41, 5.74) is 0. The molecule has 0 saturated heterocycles. The van der Waals surface area contributed by atoms with Gasteiger partial charge >= 0.3 is 17.1 Å². The summed E-state index contributed by atoms with van der Waals surface area (Å²) in [4.78, 5) is 9.74. The van der Waals surface area contributed by atoms with Gasteiger partial charge in [-0.25, -0.2) is 0 Å². The van der Waals surface area contributed by atoms with E-state index in [2.05, 4.69) is 0 Å². The van der Waals surface area contributed by atoms with E-state index in [-0.39, 0.29) is 25.3 Å². The minimum absolute atomic E-state index is 0.136. The van der Waals surface area contributed by atoms with Gasteiger partial charge in [0.15, 0.2) is 0 Å². The first kappa shape index (κ1) is 16.2. The molecule has 6 nitrogen and oxygen atoms in total. The van der Waals surface area contributed by atoms with Gasteiger partial charge in [-0.15, -0.1) is 0 Å². The zero-order valence-electron chi connectivity index (χ0n) is 10.0. The van der Waals surface area contributed by atoms with Crippen LogP contribution in [0.15, 0.2) is 0 Å². The minimum Gasteiger partial charge on any atom is -0.415 e. The molecule has 0 fully saturated rings. The van der Waals surface area contributed by atoms with Crippen LogP contribution < -0.4 is 0 Å². The Morgan fingerprint density at radius 1 is 1.25 bits per heavy atom. The average molecular weight is 270 g/mol. The summed E-state index contributed by atoms with van der Waals surface area (Å²) in [5, 5.41) is 27.2. The summed E-state index contributed by atoms with van der Waals surface area (Å²) >= 11 is 0. The third-order valence-corrected chi connectivity index (χ3v) is 8.37. The zero-order chi connectivity index (χ0) is 12.8. The van der Waals surface area contributed by atoms with Crippen LogP contribution in [-0.2, 0) is 8.54 Å². The van der Waals surface area contributed by atoms with Gasteiger partial charge in [0.1, 0.15) is 0 Å². The highest BCUT2D eigenvalue weighted by Gasteiger charge is 2.43. The van der Waals surface area contributed by atoms with Crippen molar-refractivity contribution >= 4 is 17.1 Å². The molecule has 0 aromatic carbocycles. The van der Waals surface area contributed by atoms with Crippen LogP contribution in [0.3, 0.4) is 0 Å². The maximum atomic E-state index is 9.74. The van der Waals surface area contributed by atoms with E-state index < -0.39 is 23.2 Å². The van der Waals surface area contributed by atoms with Crippen molar-refractivity contribution in [1.82, 2.24) is 0 Å². The van der Waals surface area contributed by atoms with Crippen LogP contribution in [0, 0.1) is 0 Å². The summed E-state index contributed by atoms with van der Waals surface area (Å²) in [6.45, 7) is 2.66. The molecule has 0 aliphatic rings. The minimum atomic E-state index is -2.84. The maximum absolute atomic E-state index is 9.74. The van der Waals surface area contributed by atoms with E-state index in [1.807, 2.05) is 0 Å². The van der Waals surface area contributed by atoms with Gasteiger partial charge in [0.25, 0.3) is 0 Å². The van der Waals surface area contributed by atoms with Gasteiger partial charge in [0.05, 0.1) is 12.7 Å². The normalized spacial score (nSPS) is 18.2. The lowest BCUT2D eigenvalue weighted by molar-refractivity contribution is 0.0982. The Hall–Kier alpha value is 0.194. The van der Waals surface area contributed by atoms with Gasteiger partial charge in [-0.1, -0.05) is 0 Å². The third kappa shape index (κ3) is 6.06. The Bertz CT molecular complexity index is 197. The molecular weight excluding hydrogens is 248 g/mol. The van der Waals surface area contributed by atoms with E-state index in [1.54, 1.807) is 13.1 Å². The molecule has 8 heteroatoms. The first-order valence-corrected chi connectivity index (χ1v) is 10.2. The molecule has 0 rings (SSSR count). The molecule has 0 radical (unpaired) electrons. The molecule has 0 heterocycles. The lowest BCUT2D eigenvalue weighted by Crippen LogP contribution is -2.53. The van der Waals surface area contributed by atoms with Crippen LogP contribution in [0.5, 0.6) is 0 Å². The topological polar surface area (TPSA) is 99.4 Å². The quantitative estimate of drug-likeness (QED) is 0.428. The van der Waals surface area contributed by atoms with Crippen molar-refractivity contribution in [3.8, 4) is 0 Å². The molecule has 0 aromatic heterocycles. The highest BCUT2D eigenvalue weighted by molar-refractivity contribution is 6.79. The van der Waals surface area contributed by atoms with Crippen molar-refractivity contribution in [3.63, 3.8) is 0 Å². The van der Waals surface area contributed by atoms with Crippen molar-refractivity contribution in [3.05, 3.63) is 0 Å². The SMILES string of the molecule is CO[Si](CCO)(CC(O)CO)O[Si](C)(C)O. The summed E-state index contributed by atoms with van der Waals surface area (Å²) in [7, 11) is -4.20. The van der Waals surface area contributed by atoms with Crippen molar-refractivity contribution in [2.24, 2.45) is 0 Å². The van der Waals surface area contributed by atoms with Crippen LogP contribution in [0.2, 0.25) is 25.2 Å². The lowest BCUT2D eigenvalue weighted by atomic mass is 10.4. The molecule has 2 unspecified atom stereocenters. The molecule has 4 N–H and O–H groups in total. The molecular formula is C8H22O6Si2. The molecule has 16 heavy (non-hydrogen) atoms. The first-order chi connectivity index (χ1) is 7.28. The fourth-order valence-corrected chi connectivity index (χ4v) is 7.95. The zero-order valence-corrected chi connectivity index (χ0v) is 12.0. The number of hydrogen-bond acceptors (Lipinski definition) is 6. The average Bonchev–Trinajstić information content (AvgIpc) is 2.15. The Morgan fingerprint density at radius 3 is 2.12 bits per heavy atom. The molecule has 0 aromatic rings. The third-order valence-electron chi connectivity index (χ3n) is 2.06. The second-order valence-corrected chi connectivity index (χ2v) is 11.0. The lowest BCUT2D eigenvalue weighted by Gasteiger charge is -2.34. The van der Waals surface area contributed by atoms with Gasteiger partial charge in [0, 0.05) is 25.8 Å². The van der Waals surface area contributed by atoms with Crippen LogP contribution in [0.4, 0.5) is 0 Å². The number of aliphatic hydroxyl groups excluding tert-OH is 3. The van der Waals surface area contributed by atoms with Gasteiger partial charge < -0.3 is 28.7 Å². The highest BCUT2D eigenvalue weighted by atomic mass is 28.5. The fourth-order valence-electron chi connectivity index (χ4n) is 1.47. The molecule has 0 aliphatic carbocycles. The number of hydrogen-bond donors (Lipinski definition) is 4. The molecule has 0 aliphatic heterocycles. The fraction of sp³-hybridized carbons (Fsp3) is 1.00. The standard InChI is InChI=1S/C8H22O6Si2/c1-13-16(5-4-9,7-8(11)6-10)14-15(2,3)12/h8-12H,4-7H2,1-3H3. The summed E-state index contributed by atoms with van der Waals surface area (Å²) in [6, 6.07) is 0.398. The van der Waals surface area contributed by atoms with Gasteiger partial charge in [-0.2, -0.15) is 0 Å². The van der Waals surface area contributed by atoms with E-state index in [1.165, 1.54) is 7.11 Å². The second kappa shape index (κ2) is 6.81. The van der Waals surface area contributed by atoms with E-state index in [0.29, 0.717) is 0 Å². The number of rotatable bonds is 8. The molecule has 0 spiro atoms. The Morgan fingerprint density at radius 2 is 1.81 bits per heavy atom. The van der Waals surface area contributed by atoms with Crippen LogP contribution >= 0.6 is 0 Å². The van der Waals surface area contributed by atoms with Crippen LogP contribution in [0.25, 0.3) is 0 Å². The predicted octanol–water partition coefficient (Wildman–Crippen LogP) is -0.869. The van der Waals surface area contributed by atoms with Gasteiger partial charge in [0.2, 0.25) is 0 Å². The smallest absolute Gasteiger partial charge is 0.334 e. The number of aliphatic hydroxyl groups is 3. The Kier molecular flexibility index (Phi) is 6.90. The van der Waals surface area contributed by atoms with Crippen LogP contribution in [0.1, 0.15) is 0 Å². The Labute approximate surface area is 98.0 Å². The molecule has 0 saturated carbocycles. The van der Waals surface area contributed by atoms with E-state index >= 15 is 0 Å². The summed E-state index contributed by atoms with van der Waals surface area (Å²) in [6.07, 6.45) is -0.950. The molecule has 98 valence electrons. The molecule has 2 atom stereocenters. The van der Waals surface area contributed by atoms with Gasteiger partial charge in [-0.3, -0.25) is 0 Å². The summed E-state index contributed by atoms with van der Waals surface area (Å²) in [5.74, 6) is 0. The van der Waals surface area contributed by atoms with E-state index in [9.17, 15) is 9.90 Å². The predicted molar refractivity (Wildman–Crippen MR) is 63.3 cm³/mol. The van der Waals surface area contributed by atoms with Crippen molar-refractivity contribution in [2.45, 2.75) is 31.3 Å². The van der Waals surface area contributed by atoms with Crippen molar-refractivity contribution in [2.75, 3.05) is 20.3 Å². The molecule has 0 bridgehead atoms. The van der Waals surface area contributed by atoms with E-state index in [0.717, 1.165) is 0 Å². The van der Waals surface area contributed by atoms with Crippen molar-refractivity contribution < 1.29 is 28.7 Å². The maximum Gasteiger partial charge on any atom is 0.334 e. The first-order valence-electron chi connectivity index (χ1n) is 5.16. The monoisotopic (exact) mass is 270 g/mol. The second-order valence-electron chi connectivity index (χ2n) is 4.18. The van der Waals surface area contributed by atoms with Gasteiger partial charge in [-0.05, 0) is 13.1 Å². The Balaban J connectivity index is 4.70. The largest absolute Gasteiger partial charge is 0.415 e. The summed E-state index contributed by atoms with van der Waals surface area (Å²) < 4.78 is 10.9. The highest BCUT2D eigenvalue weighted by Crippen LogP contribution is 2.23. The molecule has 0 amide bonds. The van der Waals surface area contributed by atoms with Crippen LogP contribution in [-0.4, -0.2) is 63.7 Å².